The molecule has 1 amide bonds. The summed E-state index contributed by atoms with van der Waals surface area (Å²) >= 11 is 0. The molecule has 4 heteroatoms. The second kappa shape index (κ2) is 8.02. The summed E-state index contributed by atoms with van der Waals surface area (Å²) in [4.78, 5) is 12.5. The van der Waals surface area contributed by atoms with E-state index in [4.69, 9.17) is 0 Å². The maximum Gasteiger partial charge on any atom is 0.251 e. The Morgan fingerprint density at radius 2 is 2.00 bits per heavy atom. The Hall–Kier alpha value is -2.00. The van der Waals surface area contributed by atoms with Gasteiger partial charge in [-0.05, 0) is 55.0 Å². The Kier molecular flexibility index (Phi) is 6.05. The Balaban J connectivity index is 0.00000192. The fourth-order valence-corrected chi connectivity index (χ4v) is 3.02. The number of benzene rings is 2. The number of anilines is 1. The molecule has 2 N–H and O–H groups in total. The second-order valence-electron chi connectivity index (χ2n) is 5.79. The summed E-state index contributed by atoms with van der Waals surface area (Å²) in [6.45, 7) is 3.77. The van der Waals surface area contributed by atoms with Crippen molar-refractivity contribution in [2.75, 3.05) is 18.4 Å². The van der Waals surface area contributed by atoms with Crippen LogP contribution < -0.4 is 10.6 Å². The number of hydrogen-bond acceptors (Lipinski definition) is 2. The Morgan fingerprint density at radius 3 is 2.83 bits per heavy atom. The molecule has 3 nitrogen and oxygen atoms in total. The van der Waals surface area contributed by atoms with Gasteiger partial charge in [-0.25, -0.2) is 0 Å². The minimum absolute atomic E-state index is 0. The van der Waals surface area contributed by atoms with Crippen LogP contribution in [0.5, 0.6) is 0 Å². The molecule has 0 aliphatic carbocycles. The SMILES string of the molecule is Cc1ccccc1CCNC(=O)c1cccc2c1CCCN2.Cl. The highest BCUT2D eigenvalue weighted by Crippen LogP contribution is 2.25. The lowest BCUT2D eigenvalue weighted by molar-refractivity contribution is 0.0953. The van der Waals surface area contributed by atoms with Crippen LogP contribution in [0.2, 0.25) is 0 Å². The molecule has 0 bridgehead atoms. The molecule has 1 aliphatic heterocycles. The van der Waals surface area contributed by atoms with Crippen molar-refractivity contribution in [3.8, 4) is 0 Å². The van der Waals surface area contributed by atoms with Crippen molar-refractivity contribution < 1.29 is 4.79 Å². The fourth-order valence-electron chi connectivity index (χ4n) is 3.02. The van der Waals surface area contributed by atoms with Gasteiger partial charge in [-0.3, -0.25) is 4.79 Å². The van der Waals surface area contributed by atoms with Crippen LogP contribution in [0.4, 0.5) is 5.69 Å². The molecule has 3 rings (SSSR count). The molecule has 2 aromatic rings. The highest BCUT2D eigenvalue weighted by molar-refractivity contribution is 5.97. The number of carbonyl (C=O) groups is 1. The van der Waals surface area contributed by atoms with Crippen LogP contribution in [0, 0.1) is 6.92 Å². The maximum absolute atomic E-state index is 12.5. The van der Waals surface area contributed by atoms with Crippen molar-refractivity contribution in [1.29, 1.82) is 0 Å². The first-order valence-electron chi connectivity index (χ1n) is 7.94. The summed E-state index contributed by atoms with van der Waals surface area (Å²) in [5.41, 5.74) is 5.65. The van der Waals surface area contributed by atoms with Gasteiger partial charge in [0.05, 0.1) is 0 Å². The molecule has 1 aliphatic rings. The third-order valence-electron chi connectivity index (χ3n) is 4.28. The van der Waals surface area contributed by atoms with Crippen LogP contribution in [-0.2, 0) is 12.8 Å². The number of amides is 1. The number of halogens is 1. The Labute approximate surface area is 143 Å². The Bertz CT molecular complexity index is 685. The third-order valence-corrected chi connectivity index (χ3v) is 4.28. The molecule has 2 aromatic carbocycles. The topological polar surface area (TPSA) is 41.1 Å². The van der Waals surface area contributed by atoms with Crippen LogP contribution in [0.1, 0.15) is 33.5 Å². The van der Waals surface area contributed by atoms with Crippen LogP contribution >= 0.6 is 12.4 Å². The van der Waals surface area contributed by atoms with Gasteiger partial charge in [0.1, 0.15) is 0 Å². The number of nitrogens with one attached hydrogen (secondary N) is 2. The molecule has 0 unspecified atom stereocenters. The van der Waals surface area contributed by atoms with Crippen molar-refractivity contribution >= 4 is 24.0 Å². The standard InChI is InChI=1S/C19H22N2O.ClH/c1-14-6-2-3-7-15(14)11-13-21-19(22)17-8-4-10-18-16(17)9-5-12-20-18;/h2-4,6-8,10,20H,5,9,11-13H2,1H3,(H,21,22);1H. The smallest absolute Gasteiger partial charge is 0.251 e. The van der Waals surface area contributed by atoms with Crippen LogP contribution in [0.3, 0.4) is 0 Å². The van der Waals surface area contributed by atoms with Crippen LogP contribution in [-0.4, -0.2) is 19.0 Å². The quantitative estimate of drug-likeness (QED) is 0.896. The largest absolute Gasteiger partial charge is 0.385 e. The Morgan fingerprint density at radius 1 is 1.17 bits per heavy atom. The minimum Gasteiger partial charge on any atom is -0.385 e. The molecule has 0 saturated heterocycles. The van der Waals surface area contributed by atoms with E-state index in [0.29, 0.717) is 6.54 Å². The van der Waals surface area contributed by atoms with E-state index < -0.39 is 0 Å². The van der Waals surface area contributed by atoms with E-state index in [2.05, 4.69) is 35.8 Å². The maximum atomic E-state index is 12.5. The van der Waals surface area contributed by atoms with Crippen molar-refractivity contribution in [1.82, 2.24) is 5.32 Å². The lowest BCUT2D eigenvalue weighted by atomic mass is 9.97. The summed E-state index contributed by atoms with van der Waals surface area (Å²) < 4.78 is 0. The highest BCUT2D eigenvalue weighted by atomic mass is 35.5. The number of rotatable bonds is 4. The van der Waals surface area contributed by atoms with Gasteiger partial charge in [-0.15, -0.1) is 12.4 Å². The summed E-state index contributed by atoms with van der Waals surface area (Å²) in [5.74, 6) is 0.0362. The molecule has 0 aromatic heterocycles. The number of carbonyl (C=O) groups excluding carboxylic acids is 1. The fraction of sp³-hybridized carbons (Fsp3) is 0.316. The zero-order valence-electron chi connectivity index (χ0n) is 13.4. The van der Waals surface area contributed by atoms with Gasteiger partial charge in [-0.1, -0.05) is 30.3 Å². The molecule has 0 fully saturated rings. The summed E-state index contributed by atoms with van der Waals surface area (Å²) in [5, 5.41) is 6.43. The number of fused-ring (bicyclic) bond motifs is 1. The molecule has 0 spiro atoms. The van der Waals surface area contributed by atoms with Gasteiger partial charge < -0.3 is 10.6 Å². The lowest BCUT2D eigenvalue weighted by Gasteiger charge is -2.20. The molecular formula is C19H23ClN2O. The zero-order valence-corrected chi connectivity index (χ0v) is 14.2. The van der Waals surface area contributed by atoms with Gasteiger partial charge in [0, 0.05) is 24.3 Å². The normalized spacial score (nSPS) is 12.6. The van der Waals surface area contributed by atoms with E-state index in [9.17, 15) is 4.79 Å². The highest BCUT2D eigenvalue weighted by Gasteiger charge is 2.16. The van der Waals surface area contributed by atoms with Crippen molar-refractivity contribution in [2.45, 2.75) is 26.2 Å². The minimum atomic E-state index is 0. The van der Waals surface area contributed by atoms with Gasteiger partial charge in [0.2, 0.25) is 0 Å². The predicted molar refractivity (Wildman–Crippen MR) is 97.7 cm³/mol. The third kappa shape index (κ3) is 4.05. The van der Waals surface area contributed by atoms with Crippen molar-refractivity contribution in [2.24, 2.45) is 0 Å². The van der Waals surface area contributed by atoms with E-state index in [0.717, 1.165) is 42.6 Å². The molecule has 23 heavy (non-hydrogen) atoms. The van der Waals surface area contributed by atoms with Gasteiger partial charge in [0.15, 0.2) is 0 Å². The monoisotopic (exact) mass is 330 g/mol. The molecule has 0 saturated carbocycles. The van der Waals surface area contributed by atoms with E-state index in [1.807, 2.05) is 24.3 Å². The van der Waals surface area contributed by atoms with Crippen molar-refractivity contribution in [3.05, 3.63) is 64.7 Å². The van der Waals surface area contributed by atoms with Gasteiger partial charge in [0.25, 0.3) is 5.91 Å². The average molecular weight is 331 g/mol. The van der Waals surface area contributed by atoms with E-state index in [1.54, 1.807) is 0 Å². The molecule has 0 radical (unpaired) electrons. The second-order valence-corrected chi connectivity index (χ2v) is 5.79. The molecule has 122 valence electrons. The summed E-state index contributed by atoms with van der Waals surface area (Å²) in [7, 11) is 0. The van der Waals surface area contributed by atoms with E-state index >= 15 is 0 Å². The van der Waals surface area contributed by atoms with Crippen molar-refractivity contribution in [3.63, 3.8) is 0 Å². The predicted octanol–water partition coefficient (Wildman–Crippen LogP) is 3.75. The summed E-state index contributed by atoms with van der Waals surface area (Å²) in [6, 6.07) is 14.2. The molecule has 0 atom stereocenters. The van der Waals surface area contributed by atoms with E-state index in [-0.39, 0.29) is 18.3 Å². The first kappa shape index (κ1) is 17.4. The van der Waals surface area contributed by atoms with Gasteiger partial charge in [-0.2, -0.15) is 0 Å². The first-order valence-corrected chi connectivity index (χ1v) is 7.94. The van der Waals surface area contributed by atoms with Crippen LogP contribution in [0.15, 0.2) is 42.5 Å². The number of aryl methyl sites for hydroxylation is 1. The summed E-state index contributed by atoms with van der Waals surface area (Å²) in [6.07, 6.45) is 2.93. The van der Waals surface area contributed by atoms with Crippen LogP contribution in [0.25, 0.3) is 0 Å². The molecule has 1 heterocycles. The average Bonchev–Trinajstić information content (AvgIpc) is 2.56. The van der Waals surface area contributed by atoms with Gasteiger partial charge >= 0.3 is 0 Å². The first-order chi connectivity index (χ1) is 10.8. The zero-order chi connectivity index (χ0) is 15.4. The molecular weight excluding hydrogens is 308 g/mol. The van der Waals surface area contributed by atoms with E-state index in [1.165, 1.54) is 11.1 Å². The number of hydrogen-bond donors (Lipinski definition) is 2. The lowest BCUT2D eigenvalue weighted by Crippen LogP contribution is -2.28.